The Balaban J connectivity index is 1.23. The van der Waals surface area contributed by atoms with Gasteiger partial charge in [0.15, 0.2) is 11.6 Å². The Bertz CT molecular complexity index is 1450. The minimum absolute atomic E-state index is 0.152. The van der Waals surface area contributed by atoms with Crippen molar-refractivity contribution >= 4 is 40.6 Å². The molecule has 3 N–H and O–H groups in total. The quantitative estimate of drug-likeness (QED) is 0.275. The summed E-state index contributed by atoms with van der Waals surface area (Å²) in [5.74, 6) is 1.66. The van der Waals surface area contributed by atoms with Crippen molar-refractivity contribution in [1.29, 1.82) is 0 Å². The number of aromatic nitrogens is 3. The molecule has 0 unspecified atom stereocenters. The Morgan fingerprint density at radius 1 is 0.902 bits per heavy atom. The summed E-state index contributed by atoms with van der Waals surface area (Å²) in [5, 5.41) is 10.5. The fourth-order valence-corrected chi connectivity index (χ4v) is 4.77. The Morgan fingerprint density at radius 2 is 1.56 bits per heavy atom. The van der Waals surface area contributed by atoms with Crippen molar-refractivity contribution in [2.24, 2.45) is 0 Å². The van der Waals surface area contributed by atoms with Gasteiger partial charge < -0.3 is 30.5 Å². The van der Waals surface area contributed by atoms with Crippen LogP contribution < -0.4 is 20.9 Å². The lowest BCUT2D eigenvalue weighted by atomic mass is 10.2. The fourth-order valence-electron chi connectivity index (χ4n) is 4.11. The van der Waals surface area contributed by atoms with E-state index in [0.29, 0.717) is 54.3 Å². The first-order valence-corrected chi connectivity index (χ1v) is 14.2. The van der Waals surface area contributed by atoms with Gasteiger partial charge >= 0.3 is 6.03 Å². The van der Waals surface area contributed by atoms with Crippen molar-refractivity contribution in [3.05, 3.63) is 71.6 Å². The van der Waals surface area contributed by atoms with E-state index in [1.807, 2.05) is 48.6 Å². The van der Waals surface area contributed by atoms with Crippen LogP contribution in [0.5, 0.6) is 0 Å². The molecule has 3 heterocycles. The van der Waals surface area contributed by atoms with Crippen molar-refractivity contribution < 1.29 is 14.3 Å². The molecule has 0 atom stereocenters. The number of carbonyl (C=O) groups is 2. The number of ether oxygens (including phenoxy) is 1. The first kappa shape index (κ1) is 28.1. The number of rotatable bonds is 9. The van der Waals surface area contributed by atoms with Crippen molar-refractivity contribution in [2.75, 3.05) is 69.0 Å². The second kappa shape index (κ2) is 13.3. The van der Waals surface area contributed by atoms with Crippen LogP contribution in [0.1, 0.15) is 10.4 Å². The predicted octanol–water partition coefficient (Wildman–Crippen LogP) is 4.04. The zero-order valence-corrected chi connectivity index (χ0v) is 23.8. The summed E-state index contributed by atoms with van der Waals surface area (Å²) in [4.78, 5) is 44.1. The highest BCUT2D eigenvalue weighted by Gasteiger charge is 2.18. The monoisotopic (exact) mass is 572 g/mol. The zero-order chi connectivity index (χ0) is 28.6. The van der Waals surface area contributed by atoms with E-state index < -0.39 is 6.03 Å². The lowest BCUT2D eigenvalue weighted by Gasteiger charge is -2.27. The van der Waals surface area contributed by atoms with Crippen LogP contribution in [0.3, 0.4) is 0 Å². The van der Waals surface area contributed by atoms with Crippen LogP contribution in [0.25, 0.3) is 22.1 Å². The van der Waals surface area contributed by atoms with Crippen molar-refractivity contribution in [2.45, 2.75) is 0 Å². The number of thiophene rings is 1. The smallest absolute Gasteiger partial charge is 0.323 e. The number of carbonyl (C=O) groups excluding carboxylic acids is 2. The molecule has 3 amide bonds. The average Bonchev–Trinajstić information content (AvgIpc) is 3.53. The fraction of sp³-hybridized carbons (Fsp3) is 0.276. The van der Waals surface area contributed by atoms with Gasteiger partial charge in [-0.15, -0.1) is 11.3 Å². The number of benzene rings is 2. The molecule has 12 heteroatoms. The third-order valence-electron chi connectivity index (χ3n) is 6.31. The van der Waals surface area contributed by atoms with E-state index in [1.165, 1.54) is 0 Å². The molecule has 0 radical (unpaired) electrons. The van der Waals surface area contributed by atoms with Gasteiger partial charge in [0.2, 0.25) is 5.95 Å². The maximum absolute atomic E-state index is 12.6. The van der Waals surface area contributed by atoms with Gasteiger partial charge in [-0.1, -0.05) is 6.07 Å². The molecule has 4 aromatic rings. The summed E-state index contributed by atoms with van der Waals surface area (Å²) in [6.45, 7) is 4.03. The summed E-state index contributed by atoms with van der Waals surface area (Å²) in [6.07, 6.45) is 0. The van der Waals surface area contributed by atoms with Crippen LogP contribution in [-0.4, -0.2) is 85.3 Å². The molecule has 0 aliphatic carbocycles. The highest BCUT2D eigenvalue weighted by molar-refractivity contribution is 7.13. The van der Waals surface area contributed by atoms with Gasteiger partial charge in [-0.25, -0.2) is 9.78 Å². The third-order valence-corrected chi connectivity index (χ3v) is 7.18. The lowest BCUT2D eigenvalue weighted by molar-refractivity contribution is 0.0951. The summed E-state index contributed by atoms with van der Waals surface area (Å²) in [7, 11) is 3.90. The lowest BCUT2D eigenvalue weighted by Crippen LogP contribution is -2.37. The molecule has 41 heavy (non-hydrogen) atoms. The topological polar surface area (TPSA) is 125 Å². The number of urea groups is 1. The Morgan fingerprint density at radius 3 is 2.20 bits per heavy atom. The largest absolute Gasteiger partial charge is 0.378 e. The van der Waals surface area contributed by atoms with E-state index >= 15 is 0 Å². The van der Waals surface area contributed by atoms with Crippen molar-refractivity contribution in [3.63, 3.8) is 0 Å². The second-order valence-electron chi connectivity index (χ2n) is 9.65. The number of hydrogen-bond acceptors (Lipinski definition) is 9. The maximum atomic E-state index is 12.6. The first-order chi connectivity index (χ1) is 19.9. The van der Waals surface area contributed by atoms with Crippen molar-refractivity contribution in [1.82, 2.24) is 25.2 Å². The minimum atomic E-state index is -0.393. The number of amides is 3. The molecular formula is C29H32N8O3S. The molecule has 5 rings (SSSR count). The van der Waals surface area contributed by atoms with Crippen molar-refractivity contribution in [3.8, 4) is 22.1 Å². The van der Waals surface area contributed by atoms with Gasteiger partial charge in [0.05, 0.1) is 18.1 Å². The SMILES string of the molecule is CN(C)CCNC(=O)c1ccc(NC(=O)Nc2ccc(-c3nc(-c4cccs4)nc(N4CCOCC4)n3)cc2)cc1. The van der Waals surface area contributed by atoms with Crippen LogP contribution in [0.15, 0.2) is 66.0 Å². The maximum Gasteiger partial charge on any atom is 0.323 e. The summed E-state index contributed by atoms with van der Waals surface area (Å²) in [6, 6.07) is 17.7. The number of morpholine rings is 1. The molecule has 2 aromatic heterocycles. The first-order valence-electron chi connectivity index (χ1n) is 13.3. The number of nitrogens with one attached hydrogen (secondary N) is 3. The average molecular weight is 573 g/mol. The molecule has 0 saturated carbocycles. The van der Waals surface area contributed by atoms with E-state index in [9.17, 15) is 9.59 Å². The number of hydrogen-bond donors (Lipinski definition) is 3. The second-order valence-corrected chi connectivity index (χ2v) is 10.6. The van der Waals surface area contributed by atoms with Gasteiger partial charge in [-0.3, -0.25) is 4.79 Å². The Hall–Kier alpha value is -4.39. The van der Waals surface area contributed by atoms with Gasteiger partial charge in [-0.2, -0.15) is 9.97 Å². The minimum Gasteiger partial charge on any atom is -0.378 e. The summed E-state index contributed by atoms with van der Waals surface area (Å²) < 4.78 is 5.49. The van der Waals surface area contributed by atoms with Crippen LogP contribution in [-0.2, 0) is 4.74 Å². The number of likely N-dealkylation sites (N-methyl/N-ethyl adjacent to an activating group) is 1. The zero-order valence-electron chi connectivity index (χ0n) is 23.0. The summed E-state index contributed by atoms with van der Waals surface area (Å²) >= 11 is 1.58. The molecule has 0 bridgehead atoms. The molecular weight excluding hydrogens is 540 g/mol. The van der Waals surface area contributed by atoms with E-state index in [4.69, 9.17) is 19.7 Å². The highest BCUT2D eigenvalue weighted by Crippen LogP contribution is 2.27. The standard InChI is InChI=1S/C29H32N8O3S/c1-36(2)14-13-30-27(38)21-7-11-23(12-8-21)32-29(39)31-22-9-5-20(6-10-22)25-33-26(24-4-3-19-41-24)35-28(34-25)37-15-17-40-18-16-37/h3-12,19H,13-18H2,1-2H3,(H,30,38)(H2,31,32,39). The van der Waals surface area contributed by atoms with E-state index in [2.05, 4.69) is 20.9 Å². The van der Waals surface area contributed by atoms with E-state index in [0.717, 1.165) is 30.1 Å². The normalized spacial score (nSPS) is 13.2. The van der Waals surface area contributed by atoms with Crippen LogP contribution in [0, 0.1) is 0 Å². The number of anilines is 3. The molecule has 1 fully saturated rings. The third kappa shape index (κ3) is 7.63. The van der Waals surface area contributed by atoms with Crippen LogP contribution in [0.2, 0.25) is 0 Å². The van der Waals surface area contributed by atoms with Gasteiger partial charge in [0.1, 0.15) is 0 Å². The molecule has 2 aromatic carbocycles. The molecule has 11 nitrogen and oxygen atoms in total. The molecule has 1 aliphatic heterocycles. The Kier molecular flexibility index (Phi) is 9.14. The number of nitrogens with zero attached hydrogens (tertiary/aromatic N) is 5. The predicted molar refractivity (Wildman–Crippen MR) is 162 cm³/mol. The van der Waals surface area contributed by atoms with E-state index in [-0.39, 0.29) is 5.91 Å². The Labute approximate surface area is 242 Å². The molecule has 1 aliphatic rings. The molecule has 1 saturated heterocycles. The van der Waals surface area contributed by atoms with Crippen LogP contribution in [0.4, 0.5) is 22.1 Å². The molecule has 212 valence electrons. The highest BCUT2D eigenvalue weighted by atomic mass is 32.1. The van der Waals surface area contributed by atoms with E-state index in [1.54, 1.807) is 47.7 Å². The summed E-state index contributed by atoms with van der Waals surface area (Å²) in [5.41, 5.74) is 2.53. The van der Waals surface area contributed by atoms with Gasteiger partial charge in [0, 0.05) is 48.7 Å². The molecule has 0 spiro atoms. The van der Waals surface area contributed by atoms with Crippen LogP contribution >= 0.6 is 11.3 Å². The van der Waals surface area contributed by atoms with Gasteiger partial charge in [0.25, 0.3) is 5.91 Å². The van der Waals surface area contributed by atoms with Gasteiger partial charge in [-0.05, 0) is 74.1 Å².